The Morgan fingerprint density at radius 1 is 0.936 bits per heavy atom. The predicted octanol–water partition coefficient (Wildman–Crippen LogP) is -1.30. The molecule has 4 aromatic heterocycles. The van der Waals surface area contributed by atoms with Crippen LogP contribution in [0.4, 0.5) is 11.8 Å². The van der Waals surface area contributed by atoms with Crippen molar-refractivity contribution in [2.24, 2.45) is 0 Å². The third kappa shape index (κ3) is 5.83. The van der Waals surface area contributed by atoms with Gasteiger partial charge in [-0.2, -0.15) is 4.98 Å². The van der Waals surface area contributed by atoms with E-state index in [-0.39, 0.29) is 40.7 Å². The van der Waals surface area contributed by atoms with Crippen LogP contribution in [0.2, 0.25) is 0 Å². The number of ether oxygens (including phenoxy) is 3. The molecule has 3 saturated heterocycles. The fourth-order valence-corrected chi connectivity index (χ4v) is 7.57. The van der Waals surface area contributed by atoms with Crippen molar-refractivity contribution in [3.05, 3.63) is 29.3 Å². The molecule has 23 nitrogen and oxygen atoms in total. The molecule has 4 aromatic rings. The number of aliphatic hydroxyl groups excluding tert-OH is 1. The lowest BCUT2D eigenvalue weighted by Gasteiger charge is -2.26. The lowest BCUT2D eigenvalue weighted by molar-refractivity contribution is -0.0677. The maximum absolute atomic E-state index is 13.4. The number of hydrogen-bond donors (Lipinski definition) is 6. The summed E-state index contributed by atoms with van der Waals surface area (Å²) in [5, 5.41) is 11.2. The highest BCUT2D eigenvalue weighted by atomic mass is 31.2. The summed E-state index contributed by atoms with van der Waals surface area (Å²) in [4.78, 5) is 56.6. The highest BCUT2D eigenvalue weighted by molar-refractivity contribution is 7.47. The average molecular weight is 702 g/mol. The molecule has 10 atom stereocenters. The third-order valence-corrected chi connectivity index (χ3v) is 9.62. The predicted molar refractivity (Wildman–Crippen MR) is 153 cm³/mol. The number of imidazole rings is 2. The van der Waals surface area contributed by atoms with Crippen molar-refractivity contribution >= 4 is 49.7 Å². The molecule has 0 amide bonds. The largest absolute Gasteiger partial charge is 0.472 e. The SMILES string of the molecule is CCOC1C2COP(=O)(O)OC3C(COP(=O)(O)OC1C(n1cnc4c(=O)[nH]c(N)nc41)O2)OC(n1cnc2c(N)ncnc21)C3O. The van der Waals surface area contributed by atoms with Gasteiger partial charge in [0.05, 0.1) is 25.9 Å². The summed E-state index contributed by atoms with van der Waals surface area (Å²) in [7, 11) is -10.1. The van der Waals surface area contributed by atoms with Crippen LogP contribution >= 0.6 is 15.6 Å². The van der Waals surface area contributed by atoms with Gasteiger partial charge in [-0.3, -0.25) is 37.0 Å². The summed E-state index contributed by atoms with van der Waals surface area (Å²) in [5.41, 5.74) is 11.1. The van der Waals surface area contributed by atoms with E-state index in [9.17, 15) is 28.8 Å². The maximum Gasteiger partial charge on any atom is 0.472 e. The fraction of sp³-hybridized carbons (Fsp3) is 0.545. The van der Waals surface area contributed by atoms with Crippen LogP contribution in [0, 0.1) is 0 Å². The van der Waals surface area contributed by atoms with E-state index in [1.54, 1.807) is 6.92 Å². The van der Waals surface area contributed by atoms with Crippen LogP contribution in [-0.4, -0.2) is 110 Å². The summed E-state index contributed by atoms with van der Waals surface area (Å²) in [6, 6.07) is 0. The number of aromatic amines is 1. The molecule has 7 rings (SSSR count). The van der Waals surface area contributed by atoms with Crippen LogP contribution in [-0.2, 0) is 41.4 Å². The Hall–Kier alpha value is -3.44. The highest BCUT2D eigenvalue weighted by Crippen LogP contribution is 2.54. The number of aliphatic hydroxyl groups is 1. The monoisotopic (exact) mass is 702 g/mol. The third-order valence-electron chi connectivity index (χ3n) is 7.65. The zero-order valence-electron chi connectivity index (χ0n) is 24.1. The summed E-state index contributed by atoms with van der Waals surface area (Å²) < 4.78 is 68.5. The molecule has 0 aliphatic carbocycles. The molecule has 8 N–H and O–H groups in total. The lowest BCUT2D eigenvalue weighted by Crippen LogP contribution is -2.38. The van der Waals surface area contributed by atoms with Gasteiger partial charge in [0.2, 0.25) is 5.95 Å². The molecule has 0 spiro atoms. The van der Waals surface area contributed by atoms with E-state index in [1.165, 1.54) is 21.8 Å². The molecule has 3 aliphatic rings. The summed E-state index contributed by atoms with van der Waals surface area (Å²) in [6.45, 7) is 0.203. The second-order valence-electron chi connectivity index (χ2n) is 10.6. The molecule has 25 heteroatoms. The number of phosphoric ester groups is 2. The van der Waals surface area contributed by atoms with Gasteiger partial charge in [-0.25, -0.2) is 29.1 Å². The fourth-order valence-electron chi connectivity index (χ4n) is 5.68. The van der Waals surface area contributed by atoms with Gasteiger partial charge in [-0.1, -0.05) is 0 Å². The average Bonchev–Trinajstić information content (AvgIpc) is 3.76. The van der Waals surface area contributed by atoms with Crippen LogP contribution in [0.3, 0.4) is 0 Å². The smallest absolute Gasteiger partial charge is 0.386 e. The second-order valence-corrected chi connectivity index (χ2v) is 13.4. The number of nitrogens with one attached hydrogen (secondary N) is 1. The molecule has 2 bridgehead atoms. The first kappa shape index (κ1) is 32.1. The van der Waals surface area contributed by atoms with Gasteiger partial charge >= 0.3 is 15.6 Å². The van der Waals surface area contributed by atoms with Gasteiger partial charge in [0.15, 0.2) is 35.1 Å². The molecule has 3 aliphatic heterocycles. The van der Waals surface area contributed by atoms with Gasteiger partial charge in [0.1, 0.15) is 48.5 Å². The number of nitrogen functional groups attached to an aromatic ring is 2. The Kier molecular flexibility index (Phi) is 8.14. The number of anilines is 2. The van der Waals surface area contributed by atoms with E-state index < -0.39 is 83.5 Å². The van der Waals surface area contributed by atoms with Crippen LogP contribution in [0.5, 0.6) is 0 Å². The number of hydrogen-bond acceptors (Lipinski definition) is 18. The van der Waals surface area contributed by atoms with Crippen molar-refractivity contribution in [1.82, 2.24) is 39.0 Å². The first-order chi connectivity index (χ1) is 22.4. The summed E-state index contributed by atoms with van der Waals surface area (Å²) in [6.07, 6.45) is -7.82. The van der Waals surface area contributed by atoms with Gasteiger partial charge in [-0.15, -0.1) is 0 Å². The van der Waals surface area contributed by atoms with E-state index in [0.717, 1.165) is 6.33 Å². The highest BCUT2D eigenvalue weighted by Gasteiger charge is 2.54. The van der Waals surface area contributed by atoms with Gasteiger partial charge in [0.25, 0.3) is 5.56 Å². The lowest BCUT2D eigenvalue weighted by atomic mass is 10.1. The van der Waals surface area contributed by atoms with Crippen molar-refractivity contribution in [2.75, 3.05) is 31.3 Å². The van der Waals surface area contributed by atoms with Crippen molar-refractivity contribution in [3.8, 4) is 0 Å². The Labute approximate surface area is 261 Å². The number of H-pyrrole nitrogens is 1. The number of nitrogens with zero attached hydrogens (tertiary/aromatic N) is 7. The van der Waals surface area contributed by atoms with Crippen molar-refractivity contribution in [2.45, 2.75) is 56.0 Å². The first-order valence-electron chi connectivity index (χ1n) is 13.9. The normalized spacial score (nSPS) is 36.6. The topological polar surface area (TPSA) is 319 Å². The number of nitrogens with two attached hydrogens (primary N) is 2. The molecule has 7 heterocycles. The molecule has 3 fully saturated rings. The minimum Gasteiger partial charge on any atom is -0.386 e. The van der Waals surface area contributed by atoms with Crippen molar-refractivity contribution < 1.29 is 56.3 Å². The van der Waals surface area contributed by atoms with Gasteiger partial charge in [0, 0.05) is 6.61 Å². The van der Waals surface area contributed by atoms with E-state index in [1.807, 2.05) is 0 Å². The molecular formula is C22H28N10O13P2. The Balaban J connectivity index is 1.23. The molecule has 0 aromatic carbocycles. The Morgan fingerprint density at radius 3 is 2.30 bits per heavy atom. The van der Waals surface area contributed by atoms with Crippen molar-refractivity contribution in [1.29, 1.82) is 0 Å². The standard InChI is InChI=1S/C22H28N10O13P2/c1-2-39-14-9-4-41-46(35,36)44-13-8(42-20(12(13)33)31-6-27-10-16(23)25-5-26-17(10)31)3-40-47(37,38)45-15(14)21(43-9)32-7-28-11-18(32)29-22(24)30-19(11)34/h5-9,12-15,20-21,33H,2-4H2,1H3,(H,35,36)(H,37,38)(H2,23,25,26)(H3,24,29,30,34). The Bertz CT molecular complexity index is 1970. The van der Waals surface area contributed by atoms with Gasteiger partial charge in [-0.05, 0) is 6.92 Å². The second kappa shape index (κ2) is 11.9. The summed E-state index contributed by atoms with van der Waals surface area (Å²) >= 11 is 0. The number of aromatic nitrogens is 8. The summed E-state index contributed by atoms with van der Waals surface area (Å²) in [5.74, 6) is -0.200. The van der Waals surface area contributed by atoms with E-state index in [0.29, 0.717) is 0 Å². The molecule has 0 saturated carbocycles. The molecule has 47 heavy (non-hydrogen) atoms. The number of rotatable bonds is 4. The molecule has 0 radical (unpaired) electrons. The zero-order valence-corrected chi connectivity index (χ0v) is 25.9. The van der Waals surface area contributed by atoms with Crippen molar-refractivity contribution in [3.63, 3.8) is 0 Å². The van der Waals surface area contributed by atoms with E-state index in [4.69, 9.17) is 43.8 Å². The van der Waals surface area contributed by atoms with E-state index in [2.05, 4.69) is 29.9 Å². The van der Waals surface area contributed by atoms with Crippen LogP contribution < -0.4 is 17.0 Å². The van der Waals surface area contributed by atoms with Crippen LogP contribution in [0.25, 0.3) is 22.3 Å². The quantitative estimate of drug-likeness (QED) is 0.135. The number of fused-ring (bicyclic) bond motifs is 5. The maximum atomic E-state index is 13.4. The zero-order chi connectivity index (χ0) is 33.2. The molecular weight excluding hydrogens is 674 g/mol. The van der Waals surface area contributed by atoms with Gasteiger partial charge < -0.3 is 40.6 Å². The van der Waals surface area contributed by atoms with Crippen LogP contribution in [0.15, 0.2) is 23.8 Å². The Morgan fingerprint density at radius 2 is 1.57 bits per heavy atom. The number of phosphoric acid groups is 2. The van der Waals surface area contributed by atoms with E-state index >= 15 is 0 Å². The molecule has 254 valence electrons. The minimum absolute atomic E-state index is 0.0432. The molecule has 10 unspecified atom stereocenters. The van der Waals surface area contributed by atoms with Crippen LogP contribution in [0.1, 0.15) is 19.4 Å². The first-order valence-corrected chi connectivity index (χ1v) is 16.9. The minimum atomic E-state index is -5.06.